The van der Waals surface area contributed by atoms with Crippen molar-refractivity contribution in [2.45, 2.75) is 24.8 Å². The molecule has 1 saturated heterocycles. The van der Waals surface area contributed by atoms with Gasteiger partial charge in [-0.2, -0.15) is 4.98 Å². The topological polar surface area (TPSA) is 107 Å². The van der Waals surface area contributed by atoms with Crippen LogP contribution in [0, 0.1) is 0 Å². The zero-order valence-electron chi connectivity index (χ0n) is 14.4. The Kier molecular flexibility index (Phi) is 8.94. The van der Waals surface area contributed by atoms with E-state index in [2.05, 4.69) is 15.1 Å². The number of amides is 1. The predicted molar refractivity (Wildman–Crippen MR) is 100 cm³/mol. The monoisotopic (exact) mass is 403 g/mol. The molecule has 0 saturated carbocycles. The molecule has 0 bridgehead atoms. The molecule has 3 rings (SSSR count). The summed E-state index contributed by atoms with van der Waals surface area (Å²) in [7, 11) is 1.54. The summed E-state index contributed by atoms with van der Waals surface area (Å²) in [5, 5.41) is 4.00. The van der Waals surface area contributed by atoms with Gasteiger partial charge in [-0.05, 0) is 25.0 Å². The van der Waals surface area contributed by atoms with Gasteiger partial charge in [0.1, 0.15) is 11.7 Å². The van der Waals surface area contributed by atoms with Crippen molar-refractivity contribution in [3.8, 4) is 11.5 Å². The number of nitrogens with two attached hydrogens (primary N) is 1. The van der Waals surface area contributed by atoms with E-state index < -0.39 is 6.04 Å². The minimum absolute atomic E-state index is 0. The molecule has 1 aliphatic heterocycles. The number of aromatic nitrogens is 3. The normalized spacial score (nSPS) is 15.7. The molecule has 3 heterocycles. The van der Waals surface area contributed by atoms with Crippen molar-refractivity contribution in [1.82, 2.24) is 20.0 Å². The summed E-state index contributed by atoms with van der Waals surface area (Å²) in [6, 6.07) is 4.95. The van der Waals surface area contributed by atoms with Gasteiger partial charge in [-0.3, -0.25) is 9.78 Å². The molecule has 1 fully saturated rings. The van der Waals surface area contributed by atoms with Crippen molar-refractivity contribution >= 4 is 30.7 Å². The Balaban J connectivity index is 0.00000169. The first-order valence-corrected chi connectivity index (χ1v) is 7.97. The van der Waals surface area contributed by atoms with E-state index in [1.165, 1.54) is 7.11 Å². The fourth-order valence-corrected chi connectivity index (χ4v) is 2.83. The molecule has 2 aromatic rings. The average molecular weight is 404 g/mol. The maximum Gasteiger partial charge on any atom is 0.241 e. The quantitative estimate of drug-likeness (QED) is 0.808. The van der Waals surface area contributed by atoms with Gasteiger partial charge in [0, 0.05) is 32.3 Å². The van der Waals surface area contributed by atoms with E-state index in [-0.39, 0.29) is 43.2 Å². The molecule has 1 atom stereocenters. The van der Waals surface area contributed by atoms with Gasteiger partial charge in [0.15, 0.2) is 0 Å². The molecule has 0 aromatic carbocycles. The molecular weight excluding hydrogens is 381 g/mol. The Morgan fingerprint density at radius 1 is 1.38 bits per heavy atom. The Morgan fingerprint density at radius 2 is 2.12 bits per heavy atom. The van der Waals surface area contributed by atoms with Crippen LogP contribution < -0.4 is 5.73 Å². The molecule has 144 valence electrons. The molecule has 0 radical (unpaired) electrons. The second kappa shape index (κ2) is 10.4. The smallest absolute Gasteiger partial charge is 0.241 e. The fourth-order valence-electron chi connectivity index (χ4n) is 2.83. The van der Waals surface area contributed by atoms with Crippen LogP contribution in [-0.4, -0.2) is 58.8 Å². The number of ether oxygens (including phenoxy) is 1. The molecule has 1 unspecified atom stereocenters. The highest BCUT2D eigenvalue weighted by Crippen LogP contribution is 2.28. The molecule has 2 aromatic heterocycles. The Morgan fingerprint density at radius 3 is 2.73 bits per heavy atom. The molecular formula is C16H23Cl2N5O3. The lowest BCUT2D eigenvalue weighted by Crippen LogP contribution is -2.48. The standard InChI is InChI=1S/C16H21N5O3.2ClH/c1-23-10-12(17)16(22)21-8-5-11(6-9-21)15-19-14(20-24-15)13-4-2-3-7-18-13;;/h2-4,7,11-12H,5-6,8-10,17H2,1H3;2*1H. The number of methoxy groups -OCH3 is 1. The number of hydrogen-bond acceptors (Lipinski definition) is 7. The van der Waals surface area contributed by atoms with Gasteiger partial charge in [0.25, 0.3) is 0 Å². The van der Waals surface area contributed by atoms with Crippen molar-refractivity contribution in [2.75, 3.05) is 26.8 Å². The lowest BCUT2D eigenvalue weighted by molar-refractivity contribution is -0.134. The number of pyridine rings is 1. The molecule has 26 heavy (non-hydrogen) atoms. The largest absolute Gasteiger partial charge is 0.383 e. The third-order valence-corrected chi connectivity index (χ3v) is 4.16. The van der Waals surface area contributed by atoms with Crippen LogP contribution in [0.15, 0.2) is 28.9 Å². The summed E-state index contributed by atoms with van der Waals surface area (Å²) in [5.74, 6) is 1.17. The minimum Gasteiger partial charge on any atom is -0.383 e. The van der Waals surface area contributed by atoms with E-state index in [4.69, 9.17) is 15.0 Å². The third-order valence-electron chi connectivity index (χ3n) is 4.16. The highest BCUT2D eigenvalue weighted by atomic mass is 35.5. The summed E-state index contributed by atoms with van der Waals surface area (Å²) >= 11 is 0. The fraction of sp³-hybridized carbons (Fsp3) is 0.500. The van der Waals surface area contributed by atoms with Crippen LogP contribution >= 0.6 is 24.8 Å². The number of carbonyl (C=O) groups is 1. The maximum atomic E-state index is 12.2. The zero-order chi connectivity index (χ0) is 16.9. The molecule has 10 heteroatoms. The van der Waals surface area contributed by atoms with Gasteiger partial charge in [0.05, 0.1) is 6.61 Å². The number of likely N-dealkylation sites (tertiary alicyclic amines) is 1. The van der Waals surface area contributed by atoms with Crippen LogP contribution in [0.4, 0.5) is 0 Å². The SMILES string of the molecule is COCC(N)C(=O)N1CCC(c2nc(-c3ccccn3)no2)CC1.Cl.Cl. The molecule has 1 aliphatic rings. The average Bonchev–Trinajstić information content (AvgIpc) is 3.12. The van der Waals surface area contributed by atoms with Crippen molar-refractivity contribution < 1.29 is 14.1 Å². The van der Waals surface area contributed by atoms with Crippen LogP contribution in [0.2, 0.25) is 0 Å². The van der Waals surface area contributed by atoms with Crippen molar-refractivity contribution in [3.63, 3.8) is 0 Å². The van der Waals surface area contributed by atoms with Crippen LogP contribution in [0.3, 0.4) is 0 Å². The summed E-state index contributed by atoms with van der Waals surface area (Å²) in [4.78, 5) is 22.6. The molecule has 0 spiro atoms. The second-order valence-corrected chi connectivity index (χ2v) is 5.83. The first kappa shape index (κ1) is 22.3. The zero-order valence-corrected chi connectivity index (χ0v) is 16.0. The second-order valence-electron chi connectivity index (χ2n) is 5.83. The van der Waals surface area contributed by atoms with E-state index in [0.29, 0.717) is 30.5 Å². The number of carbonyl (C=O) groups excluding carboxylic acids is 1. The number of hydrogen-bond donors (Lipinski definition) is 1. The number of piperidine rings is 1. The highest BCUT2D eigenvalue weighted by Gasteiger charge is 2.29. The van der Waals surface area contributed by atoms with Gasteiger partial charge in [-0.25, -0.2) is 0 Å². The van der Waals surface area contributed by atoms with Gasteiger partial charge in [0.2, 0.25) is 17.6 Å². The summed E-state index contributed by atoms with van der Waals surface area (Å²) in [6.45, 7) is 1.49. The van der Waals surface area contributed by atoms with Crippen molar-refractivity contribution in [3.05, 3.63) is 30.3 Å². The maximum absolute atomic E-state index is 12.2. The van der Waals surface area contributed by atoms with Gasteiger partial charge < -0.3 is 19.9 Å². The van der Waals surface area contributed by atoms with E-state index in [9.17, 15) is 4.79 Å². The Labute approximate surface area is 164 Å². The summed E-state index contributed by atoms with van der Waals surface area (Å²) in [6.07, 6.45) is 3.24. The van der Waals surface area contributed by atoms with Crippen molar-refractivity contribution in [2.24, 2.45) is 5.73 Å². The number of rotatable bonds is 5. The number of halogens is 2. The van der Waals surface area contributed by atoms with E-state index in [1.54, 1.807) is 11.1 Å². The van der Waals surface area contributed by atoms with E-state index in [1.807, 2.05) is 18.2 Å². The van der Waals surface area contributed by atoms with Crippen LogP contribution in [0.25, 0.3) is 11.5 Å². The van der Waals surface area contributed by atoms with Gasteiger partial charge in [-0.1, -0.05) is 11.2 Å². The Hall–Kier alpha value is -1.74. The lowest BCUT2D eigenvalue weighted by atomic mass is 9.96. The first-order valence-electron chi connectivity index (χ1n) is 7.97. The molecule has 8 nitrogen and oxygen atoms in total. The lowest BCUT2D eigenvalue weighted by Gasteiger charge is -2.32. The van der Waals surface area contributed by atoms with Gasteiger partial charge >= 0.3 is 0 Å². The predicted octanol–water partition coefficient (Wildman–Crippen LogP) is 1.65. The first-order chi connectivity index (χ1) is 11.7. The molecule has 0 aliphatic carbocycles. The van der Waals surface area contributed by atoms with Crippen LogP contribution in [0.5, 0.6) is 0 Å². The third kappa shape index (κ3) is 5.14. The number of nitrogens with zero attached hydrogens (tertiary/aromatic N) is 4. The minimum atomic E-state index is -0.606. The van der Waals surface area contributed by atoms with E-state index >= 15 is 0 Å². The molecule has 2 N–H and O–H groups in total. The molecule has 1 amide bonds. The van der Waals surface area contributed by atoms with Crippen LogP contribution in [0.1, 0.15) is 24.7 Å². The highest BCUT2D eigenvalue weighted by molar-refractivity contribution is 5.85. The summed E-state index contributed by atoms with van der Waals surface area (Å²) < 4.78 is 10.3. The Bertz CT molecular complexity index is 678. The van der Waals surface area contributed by atoms with Crippen LogP contribution in [-0.2, 0) is 9.53 Å². The van der Waals surface area contributed by atoms with Crippen molar-refractivity contribution in [1.29, 1.82) is 0 Å². The summed E-state index contributed by atoms with van der Waals surface area (Å²) in [5.41, 5.74) is 6.49. The van der Waals surface area contributed by atoms with E-state index in [0.717, 1.165) is 12.8 Å². The van der Waals surface area contributed by atoms with Gasteiger partial charge in [-0.15, -0.1) is 24.8 Å².